The van der Waals surface area contributed by atoms with Gasteiger partial charge in [0, 0.05) is 5.02 Å². The van der Waals surface area contributed by atoms with Crippen LogP contribution in [0.2, 0.25) is 5.02 Å². The van der Waals surface area contributed by atoms with Crippen molar-refractivity contribution in [3.05, 3.63) is 64.2 Å². The maximum absolute atomic E-state index is 12.2. The summed E-state index contributed by atoms with van der Waals surface area (Å²) in [6.45, 7) is 0. The second kappa shape index (κ2) is 5.22. The highest BCUT2D eigenvalue weighted by atomic mass is 35.5. The van der Waals surface area contributed by atoms with Crippen LogP contribution in [-0.2, 0) is 0 Å². The first-order valence-corrected chi connectivity index (χ1v) is 6.75. The van der Waals surface area contributed by atoms with Gasteiger partial charge in [0.15, 0.2) is 5.78 Å². The Hall–Kier alpha value is -2.33. The fourth-order valence-corrected chi connectivity index (χ4v) is 2.52. The minimum atomic E-state index is -1.01. The lowest BCUT2D eigenvalue weighted by atomic mass is 9.95. The average molecular weight is 303 g/mol. The lowest BCUT2D eigenvalue weighted by Crippen LogP contribution is -2.20. The van der Waals surface area contributed by atoms with Gasteiger partial charge >= 0.3 is 5.97 Å². The van der Waals surface area contributed by atoms with E-state index < -0.39 is 12.1 Å². The Kier molecular flexibility index (Phi) is 3.39. The van der Waals surface area contributed by atoms with Gasteiger partial charge in [-0.15, -0.1) is 0 Å². The van der Waals surface area contributed by atoms with Gasteiger partial charge in [-0.2, -0.15) is 0 Å². The van der Waals surface area contributed by atoms with Crippen molar-refractivity contribution in [2.45, 2.75) is 12.5 Å². The number of carbonyl (C=O) groups excluding carboxylic acids is 1. The number of ether oxygens (including phenoxy) is 1. The maximum atomic E-state index is 12.2. The van der Waals surface area contributed by atoms with Crippen molar-refractivity contribution >= 4 is 23.4 Å². The summed E-state index contributed by atoms with van der Waals surface area (Å²) in [7, 11) is 0. The number of carbonyl (C=O) groups is 2. The van der Waals surface area contributed by atoms with Gasteiger partial charge in [0.1, 0.15) is 11.9 Å². The molecule has 1 unspecified atom stereocenters. The molecule has 1 heterocycles. The minimum Gasteiger partial charge on any atom is -0.484 e. The van der Waals surface area contributed by atoms with Crippen LogP contribution < -0.4 is 4.74 Å². The van der Waals surface area contributed by atoms with Crippen LogP contribution in [0, 0.1) is 0 Å². The number of aromatic carboxylic acids is 1. The van der Waals surface area contributed by atoms with Crippen LogP contribution in [-0.4, -0.2) is 16.9 Å². The molecule has 21 heavy (non-hydrogen) atoms. The Morgan fingerprint density at radius 2 is 2.05 bits per heavy atom. The van der Waals surface area contributed by atoms with Crippen LogP contribution in [0.5, 0.6) is 5.75 Å². The van der Waals surface area contributed by atoms with Gasteiger partial charge in [0.25, 0.3) is 0 Å². The van der Waals surface area contributed by atoms with E-state index in [2.05, 4.69) is 0 Å². The number of rotatable bonds is 2. The van der Waals surface area contributed by atoms with Crippen molar-refractivity contribution in [3.63, 3.8) is 0 Å². The Labute approximate surface area is 125 Å². The molecule has 0 aliphatic carbocycles. The second-order valence-electron chi connectivity index (χ2n) is 4.80. The van der Waals surface area contributed by atoms with E-state index in [1.807, 2.05) is 0 Å². The van der Waals surface area contributed by atoms with Crippen LogP contribution in [0.1, 0.15) is 38.8 Å². The smallest absolute Gasteiger partial charge is 0.335 e. The zero-order valence-corrected chi connectivity index (χ0v) is 11.6. The van der Waals surface area contributed by atoms with E-state index in [9.17, 15) is 9.59 Å². The largest absolute Gasteiger partial charge is 0.484 e. The van der Waals surface area contributed by atoms with Crippen molar-refractivity contribution in [1.82, 2.24) is 0 Å². The molecule has 0 saturated heterocycles. The van der Waals surface area contributed by atoms with Crippen molar-refractivity contribution in [3.8, 4) is 5.75 Å². The molecule has 1 aliphatic heterocycles. The van der Waals surface area contributed by atoms with Crippen molar-refractivity contribution < 1.29 is 19.4 Å². The number of benzene rings is 2. The molecule has 5 heteroatoms. The van der Waals surface area contributed by atoms with E-state index in [1.165, 1.54) is 12.1 Å². The van der Waals surface area contributed by atoms with Crippen molar-refractivity contribution in [2.24, 2.45) is 0 Å². The number of halogens is 1. The normalized spacial score (nSPS) is 17.0. The predicted molar refractivity (Wildman–Crippen MR) is 77.2 cm³/mol. The molecule has 1 N–H and O–H groups in total. The quantitative estimate of drug-likeness (QED) is 0.917. The molecule has 0 fully saturated rings. The minimum absolute atomic E-state index is 0.0429. The van der Waals surface area contributed by atoms with E-state index in [-0.39, 0.29) is 17.8 Å². The van der Waals surface area contributed by atoms with Gasteiger partial charge < -0.3 is 9.84 Å². The molecule has 0 bridgehead atoms. The highest BCUT2D eigenvalue weighted by molar-refractivity contribution is 6.30. The predicted octanol–water partition coefficient (Wildman–Crippen LogP) is 3.74. The molecular formula is C16H11ClO4. The number of fused-ring (bicyclic) bond motifs is 1. The molecule has 106 valence electrons. The molecular weight excluding hydrogens is 292 g/mol. The van der Waals surface area contributed by atoms with Gasteiger partial charge in [0.2, 0.25) is 0 Å². The lowest BCUT2D eigenvalue weighted by molar-refractivity contribution is 0.0696. The van der Waals surface area contributed by atoms with Gasteiger partial charge in [-0.3, -0.25) is 4.79 Å². The molecule has 2 aromatic rings. The molecule has 0 saturated carbocycles. The topological polar surface area (TPSA) is 63.6 Å². The van der Waals surface area contributed by atoms with E-state index in [0.717, 1.165) is 0 Å². The highest BCUT2D eigenvalue weighted by Crippen LogP contribution is 2.36. The molecule has 1 aliphatic rings. The summed E-state index contributed by atoms with van der Waals surface area (Å²) >= 11 is 5.92. The van der Waals surface area contributed by atoms with E-state index in [1.54, 1.807) is 30.3 Å². The lowest BCUT2D eigenvalue weighted by Gasteiger charge is -2.25. The fraction of sp³-hybridized carbons (Fsp3) is 0.125. The highest BCUT2D eigenvalue weighted by Gasteiger charge is 2.28. The number of hydrogen-bond donors (Lipinski definition) is 1. The summed E-state index contributed by atoms with van der Waals surface area (Å²) in [6, 6.07) is 11.3. The van der Waals surface area contributed by atoms with E-state index in [0.29, 0.717) is 21.9 Å². The standard InChI is InChI=1S/C16H11ClO4/c17-11-4-5-12-13(18)8-14(21-15(12)7-11)9-2-1-3-10(6-9)16(19)20/h1-7,14H,8H2,(H,19,20). The number of carboxylic acid groups (broad SMARTS) is 1. The summed E-state index contributed by atoms with van der Waals surface area (Å²) < 4.78 is 5.81. The summed E-state index contributed by atoms with van der Waals surface area (Å²) in [5.74, 6) is -0.620. The van der Waals surface area contributed by atoms with Gasteiger partial charge in [0.05, 0.1) is 17.5 Å². The molecule has 1 atom stereocenters. The maximum Gasteiger partial charge on any atom is 0.335 e. The van der Waals surface area contributed by atoms with Gasteiger partial charge in [-0.05, 0) is 35.9 Å². The Morgan fingerprint density at radius 1 is 1.24 bits per heavy atom. The van der Waals surface area contributed by atoms with Gasteiger partial charge in [-0.25, -0.2) is 4.79 Å². The number of ketones is 1. The number of Topliss-reactive ketones (excluding diaryl/α,β-unsaturated/α-hetero) is 1. The van der Waals surface area contributed by atoms with Gasteiger partial charge in [-0.1, -0.05) is 23.7 Å². The summed E-state index contributed by atoms with van der Waals surface area (Å²) in [4.78, 5) is 23.2. The molecule has 0 spiro atoms. The second-order valence-corrected chi connectivity index (χ2v) is 5.24. The van der Waals surface area contributed by atoms with E-state index in [4.69, 9.17) is 21.4 Å². The monoisotopic (exact) mass is 302 g/mol. The molecule has 0 amide bonds. The molecule has 3 rings (SSSR count). The summed E-state index contributed by atoms with van der Waals surface area (Å²) in [6.07, 6.45) is -0.319. The first kappa shape index (κ1) is 13.6. The molecule has 4 nitrogen and oxygen atoms in total. The first-order valence-electron chi connectivity index (χ1n) is 6.37. The van der Waals surface area contributed by atoms with Crippen LogP contribution in [0.4, 0.5) is 0 Å². The van der Waals surface area contributed by atoms with Crippen molar-refractivity contribution in [2.75, 3.05) is 0 Å². The zero-order chi connectivity index (χ0) is 15.0. The fourth-order valence-electron chi connectivity index (χ4n) is 2.36. The van der Waals surface area contributed by atoms with Crippen LogP contribution in [0.3, 0.4) is 0 Å². The Morgan fingerprint density at radius 3 is 2.81 bits per heavy atom. The van der Waals surface area contributed by atoms with Crippen LogP contribution in [0.25, 0.3) is 0 Å². The average Bonchev–Trinajstić information content (AvgIpc) is 2.46. The third-order valence-corrected chi connectivity index (χ3v) is 3.62. The third-order valence-electron chi connectivity index (χ3n) is 3.39. The summed E-state index contributed by atoms with van der Waals surface area (Å²) in [5, 5.41) is 9.52. The van der Waals surface area contributed by atoms with Crippen molar-refractivity contribution in [1.29, 1.82) is 0 Å². The van der Waals surface area contributed by atoms with Crippen LogP contribution >= 0.6 is 11.6 Å². The zero-order valence-electron chi connectivity index (χ0n) is 10.9. The van der Waals surface area contributed by atoms with Crippen LogP contribution in [0.15, 0.2) is 42.5 Å². The SMILES string of the molecule is O=C(O)c1cccc(C2CC(=O)c3ccc(Cl)cc3O2)c1. The Balaban J connectivity index is 1.97. The van der Waals surface area contributed by atoms with E-state index >= 15 is 0 Å². The molecule has 0 aromatic heterocycles. The number of hydrogen-bond acceptors (Lipinski definition) is 3. The molecule has 2 aromatic carbocycles. The first-order chi connectivity index (χ1) is 10.0. The molecule has 0 radical (unpaired) electrons. The number of carboxylic acids is 1. The third kappa shape index (κ3) is 2.62. The summed E-state index contributed by atoms with van der Waals surface area (Å²) in [5.41, 5.74) is 1.33. The Bertz CT molecular complexity index is 739.